The Kier molecular flexibility index (Phi) is 2.68. The zero-order valence-electron chi connectivity index (χ0n) is 8.14. The number of ether oxygens (including phenoxy) is 1. The first kappa shape index (κ1) is 9.46. The molecule has 3 heteroatoms. The maximum atomic E-state index is 5.38. The topological polar surface area (TPSA) is 12.5 Å². The van der Waals surface area contributed by atoms with Gasteiger partial charge in [0.05, 0.1) is 6.04 Å². The number of thiocarbonyl (C=S) groups is 1. The standard InChI is InChI=1S/C11H13NOS/c1-2-9-8-13-11(14)12(9)10-6-4-3-5-7-10/h3-7,9H,2,8H2,1H3. The second-order valence-corrected chi connectivity index (χ2v) is 3.69. The number of nitrogens with zero attached hydrogens (tertiary/aromatic N) is 1. The van der Waals surface area contributed by atoms with E-state index in [-0.39, 0.29) is 0 Å². The third-order valence-corrected chi connectivity index (χ3v) is 2.78. The summed E-state index contributed by atoms with van der Waals surface area (Å²) in [6.45, 7) is 2.86. The average molecular weight is 207 g/mol. The van der Waals surface area contributed by atoms with Crippen LogP contribution >= 0.6 is 12.2 Å². The fourth-order valence-electron chi connectivity index (χ4n) is 1.67. The molecule has 1 aliphatic rings. The first-order valence-electron chi connectivity index (χ1n) is 4.84. The van der Waals surface area contributed by atoms with E-state index in [4.69, 9.17) is 17.0 Å². The van der Waals surface area contributed by atoms with Crippen LogP contribution in [0.15, 0.2) is 30.3 Å². The molecule has 1 atom stereocenters. The van der Waals surface area contributed by atoms with Crippen molar-refractivity contribution in [3.63, 3.8) is 0 Å². The third kappa shape index (κ3) is 1.60. The highest BCUT2D eigenvalue weighted by atomic mass is 32.1. The Morgan fingerprint density at radius 2 is 2.14 bits per heavy atom. The van der Waals surface area contributed by atoms with E-state index in [0.29, 0.717) is 17.8 Å². The second kappa shape index (κ2) is 3.96. The van der Waals surface area contributed by atoms with Gasteiger partial charge >= 0.3 is 0 Å². The molecule has 1 heterocycles. The van der Waals surface area contributed by atoms with E-state index in [1.165, 1.54) is 0 Å². The van der Waals surface area contributed by atoms with E-state index >= 15 is 0 Å². The Morgan fingerprint density at radius 3 is 2.79 bits per heavy atom. The Labute approximate surface area is 89.5 Å². The molecule has 0 amide bonds. The van der Waals surface area contributed by atoms with Crippen LogP contribution in [0.1, 0.15) is 13.3 Å². The zero-order valence-corrected chi connectivity index (χ0v) is 8.96. The Balaban J connectivity index is 2.28. The highest BCUT2D eigenvalue weighted by Gasteiger charge is 2.29. The lowest BCUT2D eigenvalue weighted by atomic mass is 10.2. The van der Waals surface area contributed by atoms with Crippen LogP contribution in [0.25, 0.3) is 0 Å². The maximum Gasteiger partial charge on any atom is 0.264 e. The van der Waals surface area contributed by atoms with Crippen molar-refractivity contribution >= 4 is 23.1 Å². The summed E-state index contributed by atoms with van der Waals surface area (Å²) in [4.78, 5) is 2.09. The van der Waals surface area contributed by atoms with Gasteiger partial charge in [-0.1, -0.05) is 25.1 Å². The molecule has 1 fully saturated rings. The summed E-state index contributed by atoms with van der Waals surface area (Å²) < 4.78 is 5.38. The molecule has 0 spiro atoms. The highest BCUT2D eigenvalue weighted by molar-refractivity contribution is 7.80. The summed E-state index contributed by atoms with van der Waals surface area (Å²) in [7, 11) is 0. The lowest BCUT2D eigenvalue weighted by Gasteiger charge is -2.21. The van der Waals surface area contributed by atoms with Gasteiger partial charge in [-0.3, -0.25) is 4.90 Å². The summed E-state index contributed by atoms with van der Waals surface area (Å²) in [6.07, 6.45) is 1.05. The Morgan fingerprint density at radius 1 is 1.43 bits per heavy atom. The lowest BCUT2D eigenvalue weighted by Crippen LogP contribution is -2.32. The van der Waals surface area contributed by atoms with Crippen molar-refractivity contribution in [3.8, 4) is 0 Å². The molecular formula is C11H13NOS. The zero-order chi connectivity index (χ0) is 9.97. The molecule has 0 aliphatic carbocycles. The molecule has 1 aromatic rings. The van der Waals surface area contributed by atoms with E-state index in [2.05, 4.69) is 24.0 Å². The minimum Gasteiger partial charge on any atom is -0.468 e. The number of benzene rings is 1. The fourth-order valence-corrected chi connectivity index (χ4v) is 1.99. The molecule has 1 aliphatic heterocycles. The smallest absolute Gasteiger partial charge is 0.264 e. The number of rotatable bonds is 2. The van der Waals surface area contributed by atoms with Crippen LogP contribution in [0.5, 0.6) is 0 Å². The molecule has 2 rings (SSSR count). The minimum absolute atomic E-state index is 0.393. The van der Waals surface area contributed by atoms with Crippen molar-refractivity contribution in [2.24, 2.45) is 0 Å². The summed E-state index contributed by atoms with van der Waals surface area (Å²) in [5.74, 6) is 0. The number of para-hydroxylation sites is 1. The van der Waals surface area contributed by atoms with Gasteiger partial charge in [-0.15, -0.1) is 0 Å². The van der Waals surface area contributed by atoms with Crippen LogP contribution in [0.2, 0.25) is 0 Å². The maximum absolute atomic E-state index is 5.38. The van der Waals surface area contributed by atoms with Gasteiger partial charge < -0.3 is 4.74 Å². The van der Waals surface area contributed by atoms with Crippen molar-refractivity contribution < 1.29 is 4.74 Å². The molecule has 2 nitrogen and oxygen atoms in total. The van der Waals surface area contributed by atoms with Crippen molar-refractivity contribution in [1.82, 2.24) is 0 Å². The van der Waals surface area contributed by atoms with Gasteiger partial charge in [0.1, 0.15) is 6.61 Å². The number of hydrogen-bond acceptors (Lipinski definition) is 2. The SMILES string of the molecule is CCC1COC(=S)N1c1ccccc1. The monoisotopic (exact) mass is 207 g/mol. The first-order chi connectivity index (χ1) is 6.83. The normalized spacial score (nSPS) is 21.1. The van der Waals surface area contributed by atoms with E-state index < -0.39 is 0 Å². The number of anilines is 1. The van der Waals surface area contributed by atoms with Gasteiger partial charge in [-0.25, -0.2) is 0 Å². The predicted molar refractivity (Wildman–Crippen MR) is 61.6 cm³/mol. The highest BCUT2D eigenvalue weighted by Crippen LogP contribution is 2.24. The molecule has 1 unspecified atom stereocenters. The Bertz CT molecular complexity index is 325. The molecule has 0 aromatic heterocycles. The molecule has 1 aromatic carbocycles. The Hall–Kier alpha value is -1.09. The van der Waals surface area contributed by atoms with Gasteiger partial charge in [0.2, 0.25) is 0 Å². The summed E-state index contributed by atoms with van der Waals surface area (Å²) in [5, 5.41) is 0.600. The molecular weight excluding hydrogens is 194 g/mol. The van der Waals surface area contributed by atoms with E-state index in [0.717, 1.165) is 12.1 Å². The van der Waals surface area contributed by atoms with Crippen LogP contribution in [0.4, 0.5) is 5.69 Å². The third-order valence-electron chi connectivity index (χ3n) is 2.47. The molecule has 0 bridgehead atoms. The van der Waals surface area contributed by atoms with Crippen LogP contribution in [0.3, 0.4) is 0 Å². The quantitative estimate of drug-likeness (QED) is 0.692. The number of hydrogen-bond donors (Lipinski definition) is 0. The largest absolute Gasteiger partial charge is 0.468 e. The summed E-state index contributed by atoms with van der Waals surface area (Å²) >= 11 is 5.17. The van der Waals surface area contributed by atoms with Gasteiger partial charge in [-0.05, 0) is 30.8 Å². The van der Waals surface area contributed by atoms with Gasteiger partial charge in [0, 0.05) is 5.69 Å². The van der Waals surface area contributed by atoms with Crippen molar-refractivity contribution in [2.75, 3.05) is 11.5 Å². The predicted octanol–water partition coefficient (Wildman–Crippen LogP) is 2.59. The van der Waals surface area contributed by atoms with Gasteiger partial charge in [0.15, 0.2) is 0 Å². The van der Waals surface area contributed by atoms with Crippen LogP contribution in [-0.4, -0.2) is 17.8 Å². The molecule has 14 heavy (non-hydrogen) atoms. The van der Waals surface area contributed by atoms with Crippen LogP contribution < -0.4 is 4.90 Å². The lowest BCUT2D eigenvalue weighted by molar-refractivity contribution is 0.330. The van der Waals surface area contributed by atoms with Crippen LogP contribution in [0, 0.1) is 0 Å². The molecule has 1 saturated heterocycles. The van der Waals surface area contributed by atoms with E-state index in [1.54, 1.807) is 0 Å². The van der Waals surface area contributed by atoms with Crippen molar-refractivity contribution in [1.29, 1.82) is 0 Å². The molecule has 0 N–H and O–H groups in total. The molecule has 0 saturated carbocycles. The van der Waals surface area contributed by atoms with E-state index in [1.807, 2.05) is 18.2 Å². The van der Waals surface area contributed by atoms with Gasteiger partial charge in [-0.2, -0.15) is 0 Å². The van der Waals surface area contributed by atoms with Crippen LogP contribution in [-0.2, 0) is 4.74 Å². The van der Waals surface area contributed by atoms with Crippen molar-refractivity contribution in [3.05, 3.63) is 30.3 Å². The summed E-state index contributed by atoms with van der Waals surface area (Å²) in [6, 6.07) is 10.5. The summed E-state index contributed by atoms with van der Waals surface area (Å²) in [5.41, 5.74) is 1.13. The minimum atomic E-state index is 0.393. The molecule has 74 valence electrons. The second-order valence-electron chi connectivity index (χ2n) is 3.34. The fraction of sp³-hybridized carbons (Fsp3) is 0.364. The van der Waals surface area contributed by atoms with E-state index in [9.17, 15) is 0 Å². The molecule has 0 radical (unpaired) electrons. The van der Waals surface area contributed by atoms with Gasteiger partial charge in [0.25, 0.3) is 5.17 Å². The average Bonchev–Trinajstić information content (AvgIpc) is 2.61. The first-order valence-corrected chi connectivity index (χ1v) is 5.24. The van der Waals surface area contributed by atoms with Crippen molar-refractivity contribution in [2.45, 2.75) is 19.4 Å².